The molecule has 1 N–H and O–H groups in total. The highest BCUT2D eigenvalue weighted by Crippen LogP contribution is 2.55. The van der Waals surface area contributed by atoms with Crippen molar-refractivity contribution in [2.75, 3.05) is 47.5 Å². The Hall–Kier alpha value is -0.0531. The van der Waals surface area contributed by atoms with Gasteiger partial charge in [-0.15, -0.1) is 0 Å². The lowest BCUT2D eigenvalue weighted by Crippen LogP contribution is -2.57. The Kier molecular flexibility index (Phi) is 23.3. The third-order valence-corrected chi connectivity index (χ3v) is 16.4. The van der Waals surface area contributed by atoms with Gasteiger partial charge in [0.1, 0.15) is 32.5 Å². The molecule has 2 atom stereocenters. The molecule has 0 bridgehead atoms. The van der Waals surface area contributed by atoms with Crippen molar-refractivity contribution >= 4 is 16.5 Å². The summed E-state index contributed by atoms with van der Waals surface area (Å²) in [6.07, 6.45) is 22.7. The average molecular weight is 679 g/mol. The van der Waals surface area contributed by atoms with Gasteiger partial charge >= 0.3 is 8.17 Å². The van der Waals surface area contributed by atoms with E-state index in [-0.39, 0.29) is 29.9 Å². The maximum Gasteiger partial charge on any atom is 0.377 e. The van der Waals surface area contributed by atoms with E-state index >= 15 is 0 Å². The molecule has 0 aliphatic carbocycles. The molecule has 9 heteroatoms. The highest BCUT2D eigenvalue weighted by Gasteiger charge is 2.55. The largest absolute Gasteiger partial charge is 0.606 e. The third kappa shape index (κ3) is 21.5. The fourth-order valence-corrected chi connectivity index (χ4v) is 13.0. The molecule has 0 saturated carbocycles. The van der Waals surface area contributed by atoms with Crippen LogP contribution in [0.3, 0.4) is 0 Å². The fraction of sp³-hybridized carbons (Fsp3) is 0.944. The van der Waals surface area contributed by atoms with Crippen LogP contribution in [-0.2, 0) is 18.2 Å². The lowest BCUT2D eigenvalue weighted by Gasteiger charge is -2.52. The number of unbranched alkanes of at least 4 members (excludes halogenated alkanes) is 13. The zero-order chi connectivity index (χ0) is 34.5. The lowest BCUT2D eigenvalue weighted by molar-refractivity contribution is -0.870. The minimum absolute atomic E-state index is 0.0484. The van der Waals surface area contributed by atoms with E-state index in [9.17, 15) is 9.79 Å². The van der Waals surface area contributed by atoms with Crippen molar-refractivity contribution < 1.29 is 32.5 Å². The van der Waals surface area contributed by atoms with E-state index in [0.717, 1.165) is 25.3 Å². The van der Waals surface area contributed by atoms with E-state index in [0.29, 0.717) is 11.0 Å². The second-order valence-corrected chi connectivity index (χ2v) is 23.0. The zero-order valence-electron chi connectivity index (χ0n) is 31.8. The van der Waals surface area contributed by atoms with Gasteiger partial charge in [0.05, 0.1) is 27.4 Å². The second-order valence-electron chi connectivity index (χ2n) is 16.2. The Labute approximate surface area is 282 Å². The monoisotopic (exact) mass is 679 g/mol. The van der Waals surface area contributed by atoms with Crippen molar-refractivity contribution in [2.45, 2.75) is 174 Å². The zero-order valence-corrected chi connectivity index (χ0v) is 33.7. The van der Waals surface area contributed by atoms with Crippen molar-refractivity contribution in [3.05, 3.63) is 12.3 Å². The number of quaternary nitrogens is 1. The van der Waals surface area contributed by atoms with Crippen LogP contribution in [0, 0.1) is 0 Å². The fourth-order valence-electron chi connectivity index (χ4n) is 6.16. The van der Waals surface area contributed by atoms with E-state index in [1.165, 1.54) is 77.0 Å². The maximum absolute atomic E-state index is 12.8. The smallest absolute Gasteiger partial charge is 0.377 e. The number of ether oxygens (including phenoxy) is 1. The molecule has 0 heterocycles. The Bertz CT molecular complexity index is 731. The first-order valence-corrected chi connectivity index (χ1v) is 21.9. The highest BCUT2D eigenvalue weighted by molar-refractivity contribution is 7.52. The number of phosphoric ester groups is 1. The van der Waals surface area contributed by atoms with E-state index in [1.807, 2.05) is 21.1 Å². The summed E-state index contributed by atoms with van der Waals surface area (Å²) in [5.41, 5.74) is 0. The first-order valence-electron chi connectivity index (χ1n) is 18.3. The first kappa shape index (κ1) is 44.9. The molecule has 0 fully saturated rings. The SMILES string of the molecule is CCCCCCCCCCCCCC/C=C\OC[C@H](CO[P+]([O-])(O)OCC[N+](C)(C)C)O[Si](CCCC)(C(C)(C)C)C(C)(C)C. The summed E-state index contributed by atoms with van der Waals surface area (Å²) in [4.78, 5) is 23.2. The predicted octanol–water partition coefficient (Wildman–Crippen LogP) is 10.1. The molecule has 0 aliphatic heterocycles. The lowest BCUT2D eigenvalue weighted by atomic mass is 10.0. The molecule has 1 unspecified atom stereocenters. The van der Waals surface area contributed by atoms with Crippen LogP contribution in [-0.4, -0.2) is 71.3 Å². The number of likely N-dealkylation sites (N-methyl/N-ethyl adjacent to an activating group) is 1. The van der Waals surface area contributed by atoms with Gasteiger partial charge in [-0.25, -0.2) is 0 Å². The van der Waals surface area contributed by atoms with Crippen molar-refractivity contribution in [2.24, 2.45) is 0 Å². The Morgan fingerprint density at radius 1 is 0.733 bits per heavy atom. The maximum atomic E-state index is 12.8. The van der Waals surface area contributed by atoms with Crippen molar-refractivity contribution in [3.63, 3.8) is 0 Å². The summed E-state index contributed by atoms with van der Waals surface area (Å²) in [5.74, 6) is 0. The summed E-state index contributed by atoms with van der Waals surface area (Å²) in [7, 11) is -0.625. The summed E-state index contributed by atoms with van der Waals surface area (Å²) in [6.45, 7) is 19.1. The van der Waals surface area contributed by atoms with Crippen LogP contribution in [0.5, 0.6) is 0 Å². The van der Waals surface area contributed by atoms with Gasteiger partial charge in [0.2, 0.25) is 8.32 Å². The van der Waals surface area contributed by atoms with Crippen LogP contribution in [0.25, 0.3) is 0 Å². The van der Waals surface area contributed by atoms with Crippen LogP contribution in [0.15, 0.2) is 12.3 Å². The Balaban J connectivity index is 5.05. The van der Waals surface area contributed by atoms with E-state index in [2.05, 4.69) is 61.5 Å². The van der Waals surface area contributed by atoms with E-state index < -0.39 is 22.6 Å². The van der Waals surface area contributed by atoms with Crippen molar-refractivity contribution in [1.29, 1.82) is 0 Å². The van der Waals surface area contributed by atoms with Crippen LogP contribution in [0.2, 0.25) is 16.1 Å². The van der Waals surface area contributed by atoms with Gasteiger partial charge in [0, 0.05) is 0 Å². The molecule has 7 nitrogen and oxygen atoms in total. The number of allylic oxidation sites excluding steroid dienone is 1. The van der Waals surface area contributed by atoms with Gasteiger partial charge in [0.15, 0.2) is 0 Å². The molecule has 0 saturated heterocycles. The normalized spacial score (nSPS) is 15.5. The summed E-state index contributed by atoms with van der Waals surface area (Å²) in [5, 5.41) is -0.0969. The van der Waals surface area contributed by atoms with Crippen LogP contribution < -0.4 is 4.89 Å². The number of hydrogen-bond donors (Lipinski definition) is 1. The minimum Gasteiger partial charge on any atom is -0.606 e. The first-order chi connectivity index (χ1) is 20.9. The minimum atomic E-state index is -4.22. The second kappa shape index (κ2) is 23.3. The van der Waals surface area contributed by atoms with Crippen LogP contribution in [0.4, 0.5) is 0 Å². The standard InChI is InChI=1S/C36H76NO6PSi/c1-12-14-16-17-18-19-20-21-22-23-24-25-26-27-29-40-32-34(33-42-44(38,39)41-30-28-37(9,10)11)43-45(31-15-13-2,35(3,4)5)36(6,7)8/h27,29,34H,12-26,28,30-33H2,1-11H3/p+1/b29-27-/t34-/m1/s1. The summed E-state index contributed by atoms with van der Waals surface area (Å²) < 4.78 is 24.6. The van der Waals surface area contributed by atoms with E-state index in [1.54, 1.807) is 6.26 Å². The van der Waals surface area contributed by atoms with Gasteiger partial charge < -0.3 is 18.5 Å². The van der Waals surface area contributed by atoms with Crippen molar-refractivity contribution in [1.82, 2.24) is 0 Å². The summed E-state index contributed by atoms with van der Waals surface area (Å²) >= 11 is 0. The Morgan fingerprint density at radius 2 is 1.22 bits per heavy atom. The predicted molar refractivity (Wildman–Crippen MR) is 195 cm³/mol. The van der Waals surface area contributed by atoms with Crippen LogP contribution in [0.1, 0.15) is 152 Å². The van der Waals surface area contributed by atoms with Gasteiger partial charge in [-0.3, -0.25) is 0 Å². The third-order valence-electron chi connectivity index (χ3n) is 8.81. The van der Waals surface area contributed by atoms with Crippen LogP contribution >= 0.6 is 8.17 Å². The van der Waals surface area contributed by atoms with E-state index in [4.69, 9.17) is 18.2 Å². The summed E-state index contributed by atoms with van der Waals surface area (Å²) in [6, 6.07) is 1.01. The number of nitrogens with zero attached hydrogens (tertiary/aromatic N) is 1. The molecular weight excluding hydrogens is 601 g/mol. The number of phosphoric acid groups is 1. The van der Waals surface area contributed by atoms with Gasteiger partial charge in [0.25, 0.3) is 0 Å². The number of hydrogen-bond acceptors (Lipinski definition) is 6. The molecule has 0 aliphatic rings. The average Bonchev–Trinajstić information content (AvgIpc) is 2.91. The molecule has 0 aromatic rings. The molecular formula is C36H77NO6PSi+. The quantitative estimate of drug-likeness (QED) is 0.0292. The highest BCUT2D eigenvalue weighted by atomic mass is 31.2. The van der Waals surface area contributed by atoms with Gasteiger partial charge in [-0.2, -0.15) is 13.9 Å². The molecule has 0 rings (SSSR count). The molecule has 0 spiro atoms. The topological polar surface area (TPSA) is 80.2 Å². The Morgan fingerprint density at radius 3 is 1.69 bits per heavy atom. The van der Waals surface area contributed by atoms with Gasteiger partial charge in [-0.1, -0.05) is 139 Å². The molecule has 0 aromatic carbocycles. The number of rotatable bonds is 28. The molecule has 270 valence electrons. The molecule has 0 aromatic heterocycles. The van der Waals surface area contributed by atoms with Gasteiger partial charge in [-0.05, 0) is 35.0 Å². The molecule has 0 amide bonds. The molecule has 45 heavy (non-hydrogen) atoms. The molecule has 0 radical (unpaired) electrons. The van der Waals surface area contributed by atoms with Crippen molar-refractivity contribution in [3.8, 4) is 0 Å².